The van der Waals surface area contributed by atoms with Gasteiger partial charge in [0.1, 0.15) is 35.7 Å². The van der Waals surface area contributed by atoms with E-state index < -0.39 is 36.1 Å². The molecule has 4 atom stereocenters. The second-order valence-corrected chi connectivity index (χ2v) is 17.7. The number of fused-ring (bicyclic) bond motifs is 1. The Morgan fingerprint density at radius 1 is 0.686 bits per heavy atom. The predicted molar refractivity (Wildman–Crippen MR) is 257 cm³/mol. The molecule has 4 unspecified atom stereocenters. The molecule has 4 aromatic carbocycles. The monoisotopic (exact) mass is 945 g/mol. The molecule has 6 heterocycles. The van der Waals surface area contributed by atoms with E-state index in [9.17, 15) is 19.2 Å². The fraction of sp³-hybridized carbons (Fsp3) is 0.302. The zero-order valence-electron chi connectivity index (χ0n) is 38.5. The average Bonchev–Trinajstić information content (AvgIpc) is 4.26. The summed E-state index contributed by atoms with van der Waals surface area (Å²) in [5, 5.41) is 6.40. The summed E-state index contributed by atoms with van der Waals surface area (Å²) in [5.74, 6) is 0.185. The number of nitrogens with zero attached hydrogens (tertiary/aromatic N) is 5. The van der Waals surface area contributed by atoms with Crippen molar-refractivity contribution in [1.82, 2.24) is 45.4 Å². The van der Waals surface area contributed by atoms with Gasteiger partial charge in [-0.1, -0.05) is 78.9 Å². The molecule has 3 fully saturated rings. The Balaban J connectivity index is 0.816. The van der Waals surface area contributed by atoms with Crippen molar-refractivity contribution in [2.24, 2.45) is 0 Å². The van der Waals surface area contributed by atoms with E-state index in [-0.39, 0.29) is 24.0 Å². The fourth-order valence-corrected chi connectivity index (χ4v) is 9.74. The van der Waals surface area contributed by atoms with Gasteiger partial charge in [-0.15, -0.1) is 0 Å². The highest BCUT2D eigenvalue weighted by Gasteiger charge is 2.39. The predicted octanol–water partition coefficient (Wildman–Crippen LogP) is 8.89. The van der Waals surface area contributed by atoms with Crippen molar-refractivity contribution >= 4 is 34.9 Å². The molecule has 0 bridgehead atoms. The minimum Gasteiger partial charge on any atom is -0.453 e. The largest absolute Gasteiger partial charge is 0.453 e. The summed E-state index contributed by atoms with van der Waals surface area (Å²) in [5.41, 5.74) is 5.64. The summed E-state index contributed by atoms with van der Waals surface area (Å²) in [6.07, 6.45) is 5.81. The van der Waals surface area contributed by atoms with Crippen molar-refractivity contribution in [3.05, 3.63) is 150 Å². The van der Waals surface area contributed by atoms with Crippen LogP contribution in [-0.2, 0) is 23.8 Å². The highest BCUT2D eigenvalue weighted by Crippen LogP contribution is 2.37. The van der Waals surface area contributed by atoms with Crippen molar-refractivity contribution in [2.75, 3.05) is 33.4 Å². The second kappa shape index (κ2) is 20.4. The number of hydrogen-bond acceptors (Lipinski definition) is 10. The van der Waals surface area contributed by atoms with Crippen LogP contribution in [0.15, 0.2) is 122 Å². The molecule has 10 rings (SSSR count). The highest BCUT2D eigenvalue weighted by molar-refractivity contribution is 5.89. The molecule has 70 heavy (non-hydrogen) atoms. The van der Waals surface area contributed by atoms with Gasteiger partial charge in [0.15, 0.2) is 0 Å². The molecule has 4 amide bonds. The van der Waals surface area contributed by atoms with E-state index in [4.69, 9.17) is 24.2 Å². The van der Waals surface area contributed by atoms with Crippen LogP contribution in [0.3, 0.4) is 0 Å². The molecule has 4 N–H and O–H groups in total. The minimum absolute atomic E-state index is 0.236. The molecule has 7 aromatic rings. The second-order valence-electron chi connectivity index (χ2n) is 17.7. The molecule has 0 aliphatic carbocycles. The number of nitrogens with one attached hydrogen (secondary N) is 4. The number of likely N-dealkylation sites (tertiary alicyclic amines) is 2. The fourth-order valence-electron chi connectivity index (χ4n) is 9.74. The number of alkyl carbamates (subject to hydrolysis) is 2. The number of benzene rings is 4. The number of carbonyl (C=O) groups excluding carboxylic acids is 4. The van der Waals surface area contributed by atoms with Gasteiger partial charge in [0, 0.05) is 48.0 Å². The number of amides is 4. The van der Waals surface area contributed by atoms with E-state index in [1.807, 2.05) is 72.8 Å². The average molecular weight is 946 g/mol. The Hall–Kier alpha value is -7.92. The Kier molecular flexibility index (Phi) is 13.3. The quantitative estimate of drug-likeness (QED) is 0.0918. The lowest BCUT2D eigenvalue weighted by atomic mass is 10.0. The summed E-state index contributed by atoms with van der Waals surface area (Å²) >= 11 is 0. The van der Waals surface area contributed by atoms with E-state index >= 15 is 4.39 Å². The summed E-state index contributed by atoms with van der Waals surface area (Å²) < 4.78 is 31.9. The number of aromatic nitrogens is 5. The van der Waals surface area contributed by atoms with Crippen molar-refractivity contribution < 1.29 is 37.8 Å². The topological polar surface area (TPSA) is 197 Å². The van der Waals surface area contributed by atoms with Crippen LogP contribution in [0.2, 0.25) is 0 Å². The third-order valence-electron chi connectivity index (χ3n) is 13.4. The summed E-state index contributed by atoms with van der Waals surface area (Å²) in [6.45, 7) is 2.04. The first-order valence-corrected chi connectivity index (χ1v) is 23.6. The van der Waals surface area contributed by atoms with Crippen molar-refractivity contribution in [2.45, 2.75) is 68.8 Å². The number of hydrogen-bond donors (Lipinski definition) is 4. The molecule has 0 radical (unpaired) electrons. The van der Waals surface area contributed by atoms with Gasteiger partial charge in [-0.3, -0.25) is 9.59 Å². The van der Waals surface area contributed by atoms with Crippen LogP contribution in [0.25, 0.3) is 44.7 Å². The molecule has 17 heteroatoms. The standard InChI is InChI=1S/C53H52FN9O7/c1-68-52(66)60-46(32-10-4-2-5-11-32)50(64)63-25-9-15-45(63)49-56-31-43(59-49)38-19-16-36(29-39(38)54)41-20-17-34-28-35(18-21-40(34)57-41)42-30-55-48(58-42)44-14-8-24-62(44)51(65)47(33-12-6-3-7-13-33)61-53(67)70-37-22-26-69-27-23-37/h2-7,10-13,16-21,28-31,37,44-47H,8-9,14-15,22-27H2,1H3,(H,55,58)(H,56,59)(H,60,66)(H,61,67). The third-order valence-corrected chi connectivity index (χ3v) is 13.4. The lowest BCUT2D eigenvalue weighted by Crippen LogP contribution is -2.44. The zero-order chi connectivity index (χ0) is 48.1. The minimum atomic E-state index is -0.954. The molecule has 3 aliphatic heterocycles. The normalized spacial score (nSPS) is 18.1. The van der Waals surface area contributed by atoms with E-state index in [0.717, 1.165) is 35.0 Å². The van der Waals surface area contributed by atoms with Crippen LogP contribution in [0.5, 0.6) is 0 Å². The first-order valence-electron chi connectivity index (χ1n) is 23.6. The Bertz CT molecular complexity index is 3010. The van der Waals surface area contributed by atoms with Gasteiger partial charge in [0.2, 0.25) is 0 Å². The van der Waals surface area contributed by atoms with Crippen LogP contribution in [0.1, 0.15) is 85.5 Å². The van der Waals surface area contributed by atoms with Gasteiger partial charge in [-0.05, 0) is 67.1 Å². The first-order chi connectivity index (χ1) is 34.2. The van der Waals surface area contributed by atoms with Crippen LogP contribution in [0, 0.1) is 5.82 Å². The van der Waals surface area contributed by atoms with Gasteiger partial charge in [-0.25, -0.2) is 28.9 Å². The zero-order valence-corrected chi connectivity index (χ0v) is 38.5. The SMILES string of the molecule is COC(=O)NC(C(=O)N1CCCC1c1ncc(-c2ccc(-c3ccc4cc(-c5cnc(C6CCCN6C(=O)C(NC(=O)OC6CCOCC6)c6ccccc6)[nH]5)ccc4n3)cc2F)[nH]1)c1ccccc1. The number of imidazole rings is 2. The molecule has 0 saturated carbocycles. The number of H-pyrrole nitrogens is 2. The van der Waals surface area contributed by atoms with Crippen molar-refractivity contribution in [3.63, 3.8) is 0 Å². The lowest BCUT2D eigenvalue weighted by Gasteiger charge is -2.29. The number of halogens is 1. The van der Waals surface area contributed by atoms with Crippen molar-refractivity contribution in [3.8, 4) is 33.8 Å². The van der Waals surface area contributed by atoms with E-state index in [0.29, 0.717) is 97.3 Å². The van der Waals surface area contributed by atoms with Gasteiger partial charge in [-0.2, -0.15) is 0 Å². The highest BCUT2D eigenvalue weighted by atomic mass is 19.1. The molecule has 3 saturated heterocycles. The first kappa shape index (κ1) is 45.8. The summed E-state index contributed by atoms with van der Waals surface area (Å²) in [6, 6.07) is 30.2. The molecule has 3 aromatic heterocycles. The summed E-state index contributed by atoms with van der Waals surface area (Å²) in [4.78, 5) is 78.1. The Morgan fingerprint density at radius 3 is 1.89 bits per heavy atom. The number of pyridine rings is 1. The summed E-state index contributed by atoms with van der Waals surface area (Å²) in [7, 11) is 1.25. The van der Waals surface area contributed by atoms with Crippen LogP contribution in [0.4, 0.5) is 14.0 Å². The maximum absolute atomic E-state index is 16.0. The van der Waals surface area contributed by atoms with Crippen LogP contribution >= 0.6 is 0 Å². The maximum Gasteiger partial charge on any atom is 0.408 e. The van der Waals surface area contributed by atoms with Crippen LogP contribution in [-0.4, -0.2) is 98.2 Å². The molecule has 16 nitrogen and oxygen atoms in total. The number of carbonyl (C=O) groups is 4. The van der Waals surface area contributed by atoms with Gasteiger partial charge < -0.3 is 44.6 Å². The van der Waals surface area contributed by atoms with E-state index in [2.05, 4.69) is 25.6 Å². The van der Waals surface area contributed by atoms with Crippen molar-refractivity contribution in [1.29, 1.82) is 0 Å². The number of ether oxygens (including phenoxy) is 3. The Labute approximate surface area is 403 Å². The van der Waals surface area contributed by atoms with Gasteiger partial charge in [0.25, 0.3) is 11.8 Å². The number of methoxy groups -OCH3 is 1. The molecular formula is C53H52FN9O7. The lowest BCUT2D eigenvalue weighted by molar-refractivity contribution is -0.135. The smallest absolute Gasteiger partial charge is 0.408 e. The molecule has 0 spiro atoms. The van der Waals surface area contributed by atoms with Gasteiger partial charge in [0.05, 0.1) is 67.4 Å². The third kappa shape index (κ3) is 9.69. The molecule has 358 valence electrons. The van der Waals surface area contributed by atoms with E-state index in [1.165, 1.54) is 13.2 Å². The van der Waals surface area contributed by atoms with E-state index in [1.54, 1.807) is 52.5 Å². The molecule has 3 aliphatic rings. The molecular weight excluding hydrogens is 894 g/mol. The number of aromatic amines is 2. The number of rotatable bonds is 12. The van der Waals surface area contributed by atoms with Gasteiger partial charge >= 0.3 is 12.2 Å². The Morgan fingerprint density at radius 2 is 1.27 bits per heavy atom. The maximum atomic E-state index is 16.0. The van der Waals surface area contributed by atoms with Crippen LogP contribution < -0.4 is 10.6 Å².